The molecule has 0 unspecified atom stereocenters. The third kappa shape index (κ3) is 2.31. The molecule has 0 amide bonds. The van der Waals surface area contributed by atoms with Gasteiger partial charge in [-0.05, 0) is 23.3 Å². The predicted molar refractivity (Wildman–Crippen MR) is 79.7 cm³/mol. The fraction of sp³-hybridized carbons (Fsp3) is 0.200. The van der Waals surface area contributed by atoms with E-state index in [0.29, 0.717) is 0 Å². The molecule has 19 heavy (non-hydrogen) atoms. The number of nitrogens with one attached hydrogen (secondary N) is 1. The summed E-state index contributed by atoms with van der Waals surface area (Å²) in [7, 11) is 0. The third-order valence-electron chi connectivity index (χ3n) is 3.03. The number of nitrogens with zero attached hydrogens (tertiary/aromatic N) is 1. The van der Waals surface area contributed by atoms with Crippen LogP contribution in [0.5, 0.6) is 0 Å². The minimum Gasteiger partial charge on any atom is -0.311 e. The van der Waals surface area contributed by atoms with Gasteiger partial charge < -0.3 is 4.98 Å². The molecule has 4 heteroatoms. The molecule has 3 rings (SSSR count). The summed E-state index contributed by atoms with van der Waals surface area (Å²) in [5, 5.41) is 3.26. The monoisotopic (exact) mass is 270 g/mol. The topological polar surface area (TPSA) is 45.8 Å². The number of benzene rings is 1. The van der Waals surface area contributed by atoms with Crippen molar-refractivity contribution in [1.82, 2.24) is 9.97 Å². The zero-order valence-corrected chi connectivity index (χ0v) is 11.5. The first kappa shape index (κ1) is 12.1. The van der Waals surface area contributed by atoms with Gasteiger partial charge in [-0.3, -0.25) is 4.79 Å². The van der Waals surface area contributed by atoms with Crippen LogP contribution in [0.15, 0.2) is 40.5 Å². The van der Waals surface area contributed by atoms with Crippen molar-refractivity contribution in [2.45, 2.75) is 19.8 Å². The summed E-state index contributed by atoms with van der Waals surface area (Å²) in [5.41, 5.74) is 1.72. The lowest BCUT2D eigenvalue weighted by atomic mass is 10.1. The lowest BCUT2D eigenvalue weighted by Gasteiger charge is -2.05. The average molecular weight is 270 g/mol. The van der Waals surface area contributed by atoms with Gasteiger partial charge in [0.2, 0.25) is 0 Å². The van der Waals surface area contributed by atoms with E-state index >= 15 is 0 Å². The van der Waals surface area contributed by atoms with Gasteiger partial charge in [-0.1, -0.05) is 25.1 Å². The van der Waals surface area contributed by atoms with Gasteiger partial charge in [0.1, 0.15) is 5.82 Å². The molecule has 3 nitrogen and oxygen atoms in total. The number of thiophene rings is 1. The molecular weight excluding hydrogens is 256 g/mol. The number of rotatable bonds is 3. The van der Waals surface area contributed by atoms with Gasteiger partial charge in [-0.2, -0.15) is 0 Å². The summed E-state index contributed by atoms with van der Waals surface area (Å²) in [4.78, 5) is 19.1. The second kappa shape index (κ2) is 4.97. The Kier molecular flexibility index (Phi) is 3.17. The molecule has 0 spiro atoms. The molecule has 0 saturated carbocycles. The third-order valence-corrected chi connectivity index (χ3v) is 4.00. The van der Waals surface area contributed by atoms with E-state index in [1.54, 1.807) is 17.4 Å². The highest BCUT2D eigenvalue weighted by Crippen LogP contribution is 2.30. The van der Waals surface area contributed by atoms with E-state index in [1.165, 1.54) is 10.1 Å². The van der Waals surface area contributed by atoms with Crippen molar-refractivity contribution >= 4 is 21.4 Å². The Labute approximate surface area is 115 Å². The maximum atomic E-state index is 11.7. The predicted octanol–water partition coefficient (Wildman–Crippen LogP) is 3.60. The fourth-order valence-electron chi connectivity index (χ4n) is 2.20. The van der Waals surface area contributed by atoms with Crippen LogP contribution in [-0.4, -0.2) is 9.97 Å². The van der Waals surface area contributed by atoms with Crippen LogP contribution in [-0.2, 0) is 6.42 Å². The highest BCUT2D eigenvalue weighted by Gasteiger charge is 2.08. The summed E-state index contributed by atoms with van der Waals surface area (Å²) in [5.74, 6) is 0.763. The Bertz CT molecular complexity index is 773. The lowest BCUT2D eigenvalue weighted by molar-refractivity contribution is 0.828. The zero-order chi connectivity index (χ0) is 13.2. The molecule has 0 bridgehead atoms. The van der Waals surface area contributed by atoms with Crippen molar-refractivity contribution in [2.75, 3.05) is 0 Å². The van der Waals surface area contributed by atoms with E-state index < -0.39 is 0 Å². The second-order valence-corrected chi connectivity index (χ2v) is 5.39. The van der Waals surface area contributed by atoms with Crippen molar-refractivity contribution in [3.63, 3.8) is 0 Å². The van der Waals surface area contributed by atoms with Gasteiger partial charge in [-0.15, -0.1) is 11.3 Å². The number of aromatic nitrogens is 2. The highest BCUT2D eigenvalue weighted by atomic mass is 32.1. The summed E-state index contributed by atoms with van der Waals surface area (Å²) in [6.45, 7) is 2.08. The number of hydrogen-bond acceptors (Lipinski definition) is 3. The normalized spacial score (nSPS) is 11.0. The molecule has 0 aliphatic carbocycles. The minimum absolute atomic E-state index is 0.0815. The van der Waals surface area contributed by atoms with Crippen molar-refractivity contribution in [3.8, 4) is 11.3 Å². The second-order valence-electron chi connectivity index (χ2n) is 4.47. The summed E-state index contributed by atoms with van der Waals surface area (Å²) < 4.78 is 1.18. The summed E-state index contributed by atoms with van der Waals surface area (Å²) in [6.07, 6.45) is 1.76. The van der Waals surface area contributed by atoms with Crippen LogP contribution in [0.1, 0.15) is 19.2 Å². The van der Waals surface area contributed by atoms with Crippen LogP contribution in [0.2, 0.25) is 0 Å². The molecule has 0 fully saturated rings. The van der Waals surface area contributed by atoms with E-state index in [0.717, 1.165) is 29.9 Å². The number of aryl methyl sites for hydroxylation is 1. The first-order chi connectivity index (χ1) is 9.28. The van der Waals surface area contributed by atoms with Gasteiger partial charge in [0.25, 0.3) is 5.56 Å². The quantitative estimate of drug-likeness (QED) is 0.790. The van der Waals surface area contributed by atoms with Gasteiger partial charge in [0.05, 0.1) is 5.69 Å². The first-order valence-electron chi connectivity index (χ1n) is 6.35. The van der Waals surface area contributed by atoms with E-state index in [4.69, 9.17) is 0 Å². The van der Waals surface area contributed by atoms with Gasteiger partial charge in [0.15, 0.2) is 0 Å². The van der Waals surface area contributed by atoms with Crippen molar-refractivity contribution < 1.29 is 0 Å². The number of H-pyrrole nitrogens is 1. The number of aromatic amines is 1. The van der Waals surface area contributed by atoms with Gasteiger partial charge in [-0.25, -0.2) is 4.98 Å². The van der Waals surface area contributed by atoms with Crippen LogP contribution in [0.3, 0.4) is 0 Å². The van der Waals surface area contributed by atoms with Gasteiger partial charge in [0, 0.05) is 22.8 Å². The van der Waals surface area contributed by atoms with Crippen molar-refractivity contribution in [2.24, 2.45) is 0 Å². The summed E-state index contributed by atoms with van der Waals surface area (Å²) in [6, 6.07) is 9.77. The average Bonchev–Trinajstić information content (AvgIpc) is 2.86. The van der Waals surface area contributed by atoms with Crippen LogP contribution in [0, 0.1) is 0 Å². The molecule has 1 N–H and O–H groups in total. The molecule has 2 heterocycles. The Hall–Kier alpha value is -1.94. The highest BCUT2D eigenvalue weighted by molar-refractivity contribution is 7.17. The molecule has 0 radical (unpaired) electrons. The number of hydrogen-bond donors (Lipinski definition) is 1. The van der Waals surface area contributed by atoms with E-state index in [2.05, 4.69) is 34.4 Å². The molecule has 3 aromatic rings. The molecule has 1 aromatic carbocycles. The molecular formula is C15H14N2OS. The van der Waals surface area contributed by atoms with Crippen LogP contribution in [0.4, 0.5) is 0 Å². The molecule has 0 saturated heterocycles. The Morgan fingerprint density at radius 3 is 3.05 bits per heavy atom. The maximum Gasteiger partial charge on any atom is 0.251 e. The van der Waals surface area contributed by atoms with Crippen LogP contribution >= 0.6 is 11.3 Å². The largest absolute Gasteiger partial charge is 0.311 e. The van der Waals surface area contributed by atoms with Crippen LogP contribution < -0.4 is 5.56 Å². The summed E-state index contributed by atoms with van der Waals surface area (Å²) >= 11 is 1.68. The van der Waals surface area contributed by atoms with E-state index in [-0.39, 0.29) is 5.56 Å². The molecule has 0 aliphatic heterocycles. The lowest BCUT2D eigenvalue weighted by Crippen LogP contribution is -2.11. The Balaban J connectivity index is 2.21. The Morgan fingerprint density at radius 1 is 1.32 bits per heavy atom. The van der Waals surface area contributed by atoms with Crippen molar-refractivity contribution in [1.29, 1.82) is 0 Å². The molecule has 0 aliphatic rings. The van der Waals surface area contributed by atoms with Gasteiger partial charge >= 0.3 is 0 Å². The number of fused-ring (bicyclic) bond motifs is 1. The molecule has 96 valence electrons. The molecule has 2 aromatic heterocycles. The fourth-order valence-corrected chi connectivity index (χ4v) is 3.12. The van der Waals surface area contributed by atoms with Crippen LogP contribution in [0.25, 0.3) is 21.3 Å². The molecule has 0 atom stereocenters. The van der Waals surface area contributed by atoms with E-state index in [1.807, 2.05) is 12.1 Å². The smallest absolute Gasteiger partial charge is 0.251 e. The maximum absolute atomic E-state index is 11.7. The van der Waals surface area contributed by atoms with E-state index in [9.17, 15) is 4.79 Å². The van der Waals surface area contributed by atoms with Crippen molar-refractivity contribution in [3.05, 3.63) is 51.9 Å². The zero-order valence-electron chi connectivity index (χ0n) is 10.6. The Morgan fingerprint density at radius 2 is 2.21 bits per heavy atom. The standard InChI is InChI=1S/C15H14N2OS/c1-2-4-13-16-12(9-14(18)17-13)11-6-3-5-10-7-8-19-15(10)11/h3,5-9H,2,4H2,1H3,(H,16,17,18). The SMILES string of the molecule is CCCc1nc(-c2cccc3ccsc23)cc(=O)[nH]1. The first-order valence-corrected chi connectivity index (χ1v) is 7.22. The minimum atomic E-state index is -0.0815.